The second kappa shape index (κ2) is 30.5. The molecule has 94 heavy (non-hydrogen) atoms. The van der Waals surface area contributed by atoms with Crippen molar-refractivity contribution in [2.75, 3.05) is 58.2 Å². The summed E-state index contributed by atoms with van der Waals surface area (Å²) < 4.78 is 13.3. The zero-order valence-corrected chi connectivity index (χ0v) is 52.9. The monoisotopic (exact) mass is 1250 g/mol. The largest absolute Gasteiger partial charge is 0.382 e. The summed E-state index contributed by atoms with van der Waals surface area (Å²) in [5.41, 5.74) is 7.94. The molecule has 9 aromatic rings. The number of anilines is 6. The Labute approximate surface area is 545 Å². The van der Waals surface area contributed by atoms with Crippen LogP contribution in [-0.4, -0.2) is 76.5 Å². The Kier molecular flexibility index (Phi) is 22.5. The Morgan fingerprint density at radius 1 is 0.489 bits per heavy atom. The first-order valence-electron chi connectivity index (χ1n) is 29.3. The lowest BCUT2D eigenvalue weighted by molar-refractivity contribution is -0.131. The molecule has 18 nitrogen and oxygen atoms in total. The zero-order valence-electron chi connectivity index (χ0n) is 52.9. The summed E-state index contributed by atoms with van der Waals surface area (Å²) >= 11 is 0. The van der Waals surface area contributed by atoms with Crippen molar-refractivity contribution in [3.05, 3.63) is 255 Å². The van der Waals surface area contributed by atoms with E-state index in [1.165, 1.54) is 32.9 Å². The van der Waals surface area contributed by atoms with Crippen LogP contribution >= 0.6 is 0 Å². The van der Waals surface area contributed by atoms with Crippen molar-refractivity contribution in [2.24, 2.45) is 0 Å². The molecular formula is C75H67FN12O6. The van der Waals surface area contributed by atoms with E-state index in [9.17, 15) is 49.9 Å². The van der Waals surface area contributed by atoms with Crippen molar-refractivity contribution >= 4 is 79.7 Å². The summed E-state index contributed by atoms with van der Waals surface area (Å²) in [6.45, 7) is 32.9. The molecule has 0 saturated heterocycles. The molecule has 0 aromatic heterocycles. The molecule has 0 fully saturated rings. The molecule has 0 bridgehead atoms. The number of aliphatic hydroxyl groups is 3. The van der Waals surface area contributed by atoms with Gasteiger partial charge in [-0.2, -0.15) is 15.8 Å². The lowest BCUT2D eigenvalue weighted by Gasteiger charge is -2.30. The molecule has 3 atom stereocenters. The normalized spacial score (nSPS) is 12.3. The van der Waals surface area contributed by atoms with E-state index in [2.05, 4.69) is 59.3 Å². The standard InChI is InChI=1S/C27H26N4O2.C25H21FN4O2.C23H20N4O2/c1-18-6-8-20(9-7-18)24-15-23(12-10-21(24)16-28)31(5)17-27(3,33)26(32)30-22-11-13-25(29-4)19(2)14-22;1-16-12-21(10-11-23(16)28-3)30-24(31)25(2,32)15-29-20-9-6-18(14-27)22(13-20)17-4-7-19(26)8-5-17;1-15-12-17(9-11-20(15)25-3)27-22(28)23(2,29)14-26-21-10-8-16(13-24)18-6-4-5-7-19(18)21/h6-15,33H,17H2,1-3,5H3,(H,30,32);4-13,29,32H,15H2,1-2H3,(H,30,31);4-12,26,29H,14H2,1-2H3,(H,27,28)/t27-;25-;23-/m000/s1. The number of hydrogen-bond acceptors (Lipinski definition) is 12. The smallest absolute Gasteiger partial charge is 0.257 e. The number of hydrogen-bond donors (Lipinski definition) is 8. The van der Waals surface area contributed by atoms with Gasteiger partial charge in [-0.25, -0.2) is 18.9 Å². The Morgan fingerprint density at radius 2 is 0.894 bits per heavy atom. The van der Waals surface area contributed by atoms with Gasteiger partial charge in [0.15, 0.2) is 33.9 Å². The highest BCUT2D eigenvalue weighted by molar-refractivity contribution is 6.01. The van der Waals surface area contributed by atoms with Gasteiger partial charge >= 0.3 is 0 Å². The molecule has 0 aliphatic heterocycles. The second-order valence-corrected chi connectivity index (χ2v) is 23.0. The van der Waals surface area contributed by atoms with Gasteiger partial charge in [0.25, 0.3) is 17.7 Å². The van der Waals surface area contributed by atoms with E-state index in [-0.39, 0.29) is 25.5 Å². The Morgan fingerprint density at radius 3 is 1.35 bits per heavy atom. The van der Waals surface area contributed by atoms with Crippen molar-refractivity contribution in [3.8, 4) is 40.5 Å². The van der Waals surface area contributed by atoms with Crippen LogP contribution in [-0.2, 0) is 14.4 Å². The summed E-state index contributed by atoms with van der Waals surface area (Å²) in [5, 5.41) is 76.3. The van der Waals surface area contributed by atoms with Crippen molar-refractivity contribution in [3.63, 3.8) is 0 Å². The number of amides is 3. The minimum atomic E-state index is -1.74. The van der Waals surface area contributed by atoms with Gasteiger partial charge in [-0.1, -0.05) is 84.4 Å². The van der Waals surface area contributed by atoms with E-state index >= 15 is 0 Å². The first kappa shape index (κ1) is 69.3. The molecule has 470 valence electrons. The number of carbonyl (C=O) groups excluding carboxylic acids is 3. The lowest BCUT2D eigenvalue weighted by Crippen LogP contribution is -2.48. The fourth-order valence-corrected chi connectivity index (χ4v) is 9.71. The Bertz CT molecular complexity index is 4600. The summed E-state index contributed by atoms with van der Waals surface area (Å²) in [4.78, 5) is 50.0. The molecule has 0 aliphatic carbocycles. The van der Waals surface area contributed by atoms with Gasteiger partial charge in [0, 0.05) is 63.1 Å². The van der Waals surface area contributed by atoms with Crippen LogP contribution in [0.3, 0.4) is 0 Å². The van der Waals surface area contributed by atoms with Crippen LogP contribution in [0.5, 0.6) is 0 Å². The summed E-state index contributed by atoms with van der Waals surface area (Å²) in [5.74, 6) is -2.08. The molecule has 19 heteroatoms. The Hall–Kier alpha value is -12.2. The molecule has 9 rings (SSSR count). The number of halogens is 1. The van der Waals surface area contributed by atoms with Crippen LogP contribution in [0, 0.1) is 87.2 Å². The van der Waals surface area contributed by atoms with Crippen LogP contribution in [0.4, 0.5) is 55.6 Å². The molecule has 0 spiro atoms. The maximum Gasteiger partial charge on any atom is 0.257 e. The minimum Gasteiger partial charge on any atom is -0.382 e. The summed E-state index contributed by atoms with van der Waals surface area (Å²) in [6, 6.07) is 56.5. The number of aryl methyl sites for hydroxylation is 4. The van der Waals surface area contributed by atoms with Crippen molar-refractivity contribution < 1.29 is 34.1 Å². The Balaban J connectivity index is 0.000000200. The van der Waals surface area contributed by atoms with Gasteiger partial charge in [0.05, 0.1) is 74.2 Å². The summed E-state index contributed by atoms with van der Waals surface area (Å²) in [6.07, 6.45) is 0. The fraction of sp³-hybridized carbons (Fsp3) is 0.187. The molecule has 0 unspecified atom stereocenters. The second-order valence-electron chi connectivity index (χ2n) is 23.0. The average molecular weight is 1250 g/mol. The predicted octanol–water partition coefficient (Wildman–Crippen LogP) is 14.6. The van der Waals surface area contributed by atoms with E-state index < -0.39 is 34.5 Å². The quantitative estimate of drug-likeness (QED) is 0.0396. The van der Waals surface area contributed by atoms with Crippen LogP contribution in [0.25, 0.3) is 47.6 Å². The van der Waals surface area contributed by atoms with Crippen molar-refractivity contribution in [1.82, 2.24) is 0 Å². The predicted molar refractivity (Wildman–Crippen MR) is 367 cm³/mol. The number of fused-ring (bicyclic) bond motifs is 1. The fourth-order valence-electron chi connectivity index (χ4n) is 9.71. The molecule has 9 aromatic carbocycles. The molecule has 0 heterocycles. The van der Waals surface area contributed by atoms with Crippen LogP contribution in [0.2, 0.25) is 0 Å². The first-order chi connectivity index (χ1) is 44.7. The third-order valence-electron chi connectivity index (χ3n) is 15.3. The van der Waals surface area contributed by atoms with Gasteiger partial charge in [-0.15, -0.1) is 0 Å². The zero-order chi connectivity index (χ0) is 68.5. The molecule has 0 radical (unpaired) electrons. The van der Waals surface area contributed by atoms with Crippen LogP contribution in [0.15, 0.2) is 176 Å². The van der Waals surface area contributed by atoms with E-state index in [4.69, 9.17) is 19.7 Å². The van der Waals surface area contributed by atoms with E-state index in [1.807, 2.05) is 61.5 Å². The topological polar surface area (TPSA) is 260 Å². The number of carbonyl (C=O) groups is 3. The maximum absolute atomic E-state index is 13.3. The lowest BCUT2D eigenvalue weighted by atomic mass is 9.98. The van der Waals surface area contributed by atoms with Crippen molar-refractivity contribution in [2.45, 2.75) is 65.3 Å². The molecule has 0 saturated carbocycles. The SMILES string of the molecule is [C-]#[N+]c1ccc(NC(=O)[C@@](C)(O)CN(C)c2ccc(C#N)c(-c3ccc(C)cc3)c2)cc1C.[C-]#[N+]c1ccc(NC(=O)[C@@](C)(O)CNc2ccc(C#N)c(-c3ccc(F)cc3)c2)cc1C.[C-]#[N+]c1ccc(NC(=O)[C@@](C)(O)CNc2ccc(C#N)c3ccccc23)cc1C. The number of likely N-dealkylation sites (N-methyl/N-ethyl adjacent to an activating group) is 1. The highest BCUT2D eigenvalue weighted by atomic mass is 19.1. The number of benzene rings is 9. The third-order valence-corrected chi connectivity index (χ3v) is 15.3. The maximum atomic E-state index is 13.3. The summed E-state index contributed by atoms with van der Waals surface area (Å²) in [7, 11) is 1.79. The van der Waals surface area contributed by atoms with E-state index in [0.717, 1.165) is 55.5 Å². The third kappa shape index (κ3) is 17.6. The van der Waals surface area contributed by atoms with Gasteiger partial charge in [-0.3, -0.25) is 14.4 Å². The molecule has 0 aliphatic rings. The van der Waals surface area contributed by atoms with Gasteiger partial charge in [0.1, 0.15) is 5.82 Å². The van der Waals surface area contributed by atoms with Gasteiger partial charge < -0.3 is 46.8 Å². The molecular weight excluding hydrogens is 1180 g/mol. The number of nitrogens with zero attached hydrogens (tertiary/aromatic N) is 7. The average Bonchev–Trinajstić information content (AvgIpc) is 0.827. The molecule has 3 amide bonds. The van der Waals surface area contributed by atoms with E-state index in [0.29, 0.717) is 67.6 Å². The number of rotatable bonds is 17. The highest BCUT2D eigenvalue weighted by Crippen LogP contribution is 2.33. The van der Waals surface area contributed by atoms with Crippen LogP contribution < -0.4 is 31.5 Å². The van der Waals surface area contributed by atoms with Crippen LogP contribution in [0.1, 0.15) is 59.7 Å². The first-order valence-corrected chi connectivity index (χ1v) is 29.3. The van der Waals surface area contributed by atoms with Gasteiger partial charge in [0.2, 0.25) is 0 Å². The minimum absolute atomic E-state index is 0.0200. The van der Waals surface area contributed by atoms with E-state index in [1.54, 1.807) is 142 Å². The molecule has 8 N–H and O–H groups in total. The number of nitrogens with one attached hydrogen (secondary N) is 5. The van der Waals surface area contributed by atoms with Crippen molar-refractivity contribution in [1.29, 1.82) is 15.8 Å². The van der Waals surface area contributed by atoms with Gasteiger partial charge in [-0.05, 0) is 173 Å². The number of nitriles is 3. The highest BCUT2D eigenvalue weighted by Gasteiger charge is 2.34.